The number of rotatable bonds is 4. The second-order valence-electron chi connectivity index (χ2n) is 3.54. The molecule has 0 unspecified atom stereocenters. The van der Waals surface area contributed by atoms with Crippen molar-refractivity contribution in [2.24, 2.45) is 0 Å². The zero-order valence-corrected chi connectivity index (χ0v) is 9.67. The molecule has 82 valence electrons. The lowest BCUT2D eigenvalue weighted by molar-refractivity contribution is 0.102. The van der Waals surface area contributed by atoms with E-state index >= 15 is 0 Å². The van der Waals surface area contributed by atoms with Crippen molar-refractivity contribution < 1.29 is 13.2 Å². The molecule has 0 radical (unpaired) electrons. The first-order chi connectivity index (χ1) is 6.92. The summed E-state index contributed by atoms with van der Waals surface area (Å²) in [6.45, 7) is 2.02. The van der Waals surface area contributed by atoms with Crippen LogP contribution in [-0.2, 0) is 16.3 Å². The molecule has 0 saturated carbocycles. The number of benzene rings is 1. The lowest BCUT2D eigenvalue weighted by atomic mass is 10.1. The first-order valence-electron chi connectivity index (χ1n) is 4.72. The van der Waals surface area contributed by atoms with Crippen molar-refractivity contribution in [3.8, 4) is 0 Å². The van der Waals surface area contributed by atoms with Gasteiger partial charge in [0.25, 0.3) is 0 Å². The molecule has 0 bridgehead atoms. The topological polar surface area (TPSA) is 51.2 Å². The summed E-state index contributed by atoms with van der Waals surface area (Å²) in [6.07, 6.45) is 1.96. The van der Waals surface area contributed by atoms with Gasteiger partial charge in [-0.2, -0.15) is 0 Å². The molecule has 3 nitrogen and oxygen atoms in total. The Morgan fingerprint density at radius 2 is 1.73 bits per heavy atom. The molecule has 1 aromatic carbocycles. The highest BCUT2D eigenvalue weighted by atomic mass is 32.2. The fraction of sp³-hybridized carbons (Fsp3) is 0.364. The third kappa shape index (κ3) is 3.83. The first-order valence-corrected chi connectivity index (χ1v) is 6.78. The van der Waals surface area contributed by atoms with Crippen molar-refractivity contribution in [1.82, 2.24) is 0 Å². The molecule has 1 aromatic rings. The Labute approximate surface area is 90.0 Å². The van der Waals surface area contributed by atoms with Gasteiger partial charge in [-0.1, -0.05) is 31.2 Å². The van der Waals surface area contributed by atoms with Crippen LogP contribution in [0, 0.1) is 0 Å². The van der Waals surface area contributed by atoms with Gasteiger partial charge in [-0.25, -0.2) is 8.42 Å². The average molecular weight is 226 g/mol. The SMILES string of the molecule is CCc1ccc(C(=O)CS(C)(=O)=O)cc1. The molecule has 0 aliphatic carbocycles. The van der Waals surface area contributed by atoms with Gasteiger partial charge in [0.05, 0.1) is 0 Å². The van der Waals surface area contributed by atoms with Crippen molar-refractivity contribution in [2.45, 2.75) is 13.3 Å². The number of sulfone groups is 1. The summed E-state index contributed by atoms with van der Waals surface area (Å²) >= 11 is 0. The Hall–Kier alpha value is -1.16. The van der Waals surface area contributed by atoms with E-state index in [0.29, 0.717) is 5.56 Å². The van der Waals surface area contributed by atoms with Gasteiger partial charge in [0, 0.05) is 11.8 Å². The van der Waals surface area contributed by atoms with Gasteiger partial charge < -0.3 is 0 Å². The maximum atomic E-state index is 11.5. The molecule has 4 heteroatoms. The second-order valence-corrected chi connectivity index (χ2v) is 5.68. The van der Waals surface area contributed by atoms with E-state index in [2.05, 4.69) is 0 Å². The molecule has 0 aliphatic heterocycles. The summed E-state index contributed by atoms with van der Waals surface area (Å²) in [5, 5.41) is 0. The van der Waals surface area contributed by atoms with Crippen LogP contribution < -0.4 is 0 Å². The van der Waals surface area contributed by atoms with Gasteiger partial charge >= 0.3 is 0 Å². The Balaban J connectivity index is 2.84. The third-order valence-electron chi connectivity index (χ3n) is 2.08. The fourth-order valence-corrected chi connectivity index (χ4v) is 1.89. The molecule has 0 aliphatic rings. The third-order valence-corrected chi connectivity index (χ3v) is 2.86. The van der Waals surface area contributed by atoms with E-state index in [1.54, 1.807) is 12.1 Å². The van der Waals surface area contributed by atoms with Gasteiger partial charge in [0.2, 0.25) is 0 Å². The molecular formula is C11H14O3S. The minimum absolute atomic E-state index is 0.347. The standard InChI is InChI=1S/C11H14O3S/c1-3-9-4-6-10(7-5-9)11(12)8-15(2,13)14/h4-7H,3,8H2,1-2H3. The van der Waals surface area contributed by atoms with Gasteiger partial charge in [-0.3, -0.25) is 4.79 Å². The van der Waals surface area contributed by atoms with E-state index in [1.165, 1.54) is 0 Å². The maximum Gasteiger partial charge on any atom is 0.177 e. The minimum atomic E-state index is -3.24. The number of Topliss-reactive ketones (excluding diaryl/α,β-unsaturated/α-hetero) is 1. The van der Waals surface area contributed by atoms with Crippen LogP contribution in [-0.4, -0.2) is 26.2 Å². The molecule has 15 heavy (non-hydrogen) atoms. The highest BCUT2D eigenvalue weighted by Crippen LogP contribution is 2.06. The van der Waals surface area contributed by atoms with Crippen LogP contribution in [0.2, 0.25) is 0 Å². The van der Waals surface area contributed by atoms with E-state index < -0.39 is 15.6 Å². The van der Waals surface area contributed by atoms with E-state index in [4.69, 9.17) is 0 Å². The number of ketones is 1. The summed E-state index contributed by atoms with van der Waals surface area (Å²) < 4.78 is 21.8. The summed E-state index contributed by atoms with van der Waals surface area (Å²) in [7, 11) is -3.24. The monoisotopic (exact) mass is 226 g/mol. The Morgan fingerprint density at radius 3 is 2.13 bits per heavy atom. The molecule has 0 saturated heterocycles. The van der Waals surface area contributed by atoms with Crippen LogP contribution in [0.25, 0.3) is 0 Å². The largest absolute Gasteiger partial charge is 0.293 e. The molecule has 0 N–H and O–H groups in total. The zero-order chi connectivity index (χ0) is 11.5. The highest BCUT2D eigenvalue weighted by Gasteiger charge is 2.12. The van der Waals surface area contributed by atoms with Crippen molar-refractivity contribution in [3.05, 3.63) is 35.4 Å². The van der Waals surface area contributed by atoms with Gasteiger partial charge in [0.1, 0.15) is 5.75 Å². The average Bonchev–Trinajstić information content (AvgIpc) is 2.15. The summed E-state index contributed by atoms with van der Waals surface area (Å²) in [6, 6.07) is 7.03. The van der Waals surface area contributed by atoms with Crippen LogP contribution >= 0.6 is 0 Å². The molecule has 0 heterocycles. The van der Waals surface area contributed by atoms with Crippen LogP contribution in [0.4, 0.5) is 0 Å². The molecule has 0 fully saturated rings. The number of aryl methyl sites for hydroxylation is 1. The molecule has 0 atom stereocenters. The summed E-state index contributed by atoms with van der Waals surface area (Å²) in [5.74, 6) is -0.765. The molecule has 0 aromatic heterocycles. The van der Waals surface area contributed by atoms with E-state index in [1.807, 2.05) is 19.1 Å². The van der Waals surface area contributed by atoms with Gasteiger partial charge in [-0.05, 0) is 12.0 Å². The molecule has 1 rings (SSSR count). The van der Waals surface area contributed by atoms with E-state index in [9.17, 15) is 13.2 Å². The Kier molecular flexibility index (Phi) is 3.63. The van der Waals surface area contributed by atoms with Crippen molar-refractivity contribution >= 4 is 15.6 Å². The molecular weight excluding hydrogens is 212 g/mol. The normalized spacial score (nSPS) is 11.3. The van der Waals surface area contributed by atoms with Crippen LogP contribution in [0.5, 0.6) is 0 Å². The number of carbonyl (C=O) groups is 1. The lowest BCUT2D eigenvalue weighted by Gasteiger charge is -2.01. The second kappa shape index (κ2) is 4.57. The van der Waals surface area contributed by atoms with Crippen molar-refractivity contribution in [3.63, 3.8) is 0 Å². The zero-order valence-electron chi connectivity index (χ0n) is 8.86. The number of hydrogen-bond acceptors (Lipinski definition) is 3. The van der Waals surface area contributed by atoms with Crippen LogP contribution in [0.1, 0.15) is 22.8 Å². The van der Waals surface area contributed by atoms with Gasteiger partial charge in [-0.15, -0.1) is 0 Å². The van der Waals surface area contributed by atoms with Crippen LogP contribution in [0.15, 0.2) is 24.3 Å². The first kappa shape index (κ1) is 11.9. The Morgan fingerprint density at radius 1 is 1.20 bits per heavy atom. The predicted molar refractivity (Wildman–Crippen MR) is 59.9 cm³/mol. The van der Waals surface area contributed by atoms with E-state index in [-0.39, 0.29) is 5.78 Å². The Bertz CT molecular complexity index is 443. The van der Waals surface area contributed by atoms with Crippen molar-refractivity contribution in [1.29, 1.82) is 0 Å². The quantitative estimate of drug-likeness (QED) is 0.731. The summed E-state index contributed by atoms with van der Waals surface area (Å²) in [4.78, 5) is 11.5. The predicted octanol–water partition coefficient (Wildman–Crippen LogP) is 1.48. The minimum Gasteiger partial charge on any atom is -0.293 e. The maximum absolute atomic E-state index is 11.5. The number of carbonyl (C=O) groups excluding carboxylic acids is 1. The smallest absolute Gasteiger partial charge is 0.177 e. The van der Waals surface area contributed by atoms with Crippen molar-refractivity contribution in [2.75, 3.05) is 12.0 Å². The fourth-order valence-electron chi connectivity index (χ4n) is 1.25. The van der Waals surface area contributed by atoms with Crippen LogP contribution in [0.3, 0.4) is 0 Å². The lowest BCUT2D eigenvalue weighted by Crippen LogP contribution is -2.14. The molecule has 0 amide bonds. The molecule has 0 spiro atoms. The number of hydrogen-bond donors (Lipinski definition) is 0. The highest BCUT2D eigenvalue weighted by molar-refractivity contribution is 7.91. The van der Waals surface area contributed by atoms with Gasteiger partial charge in [0.15, 0.2) is 15.6 Å². The van der Waals surface area contributed by atoms with E-state index in [0.717, 1.165) is 18.2 Å². The summed E-state index contributed by atoms with van der Waals surface area (Å²) in [5.41, 5.74) is 1.59.